The molecule has 0 aliphatic carbocycles. The first-order chi connectivity index (χ1) is 8.45. The van der Waals surface area contributed by atoms with E-state index in [0.29, 0.717) is 11.7 Å². The Morgan fingerprint density at radius 1 is 1.44 bits per heavy atom. The number of thiocarbonyl (C=S) groups is 1. The summed E-state index contributed by atoms with van der Waals surface area (Å²) in [6, 6.07) is 7.84. The van der Waals surface area contributed by atoms with E-state index in [0.717, 1.165) is 17.0 Å². The summed E-state index contributed by atoms with van der Waals surface area (Å²) < 4.78 is 5.38. The van der Waals surface area contributed by atoms with E-state index >= 15 is 0 Å². The molecule has 0 radical (unpaired) electrons. The van der Waals surface area contributed by atoms with Gasteiger partial charge in [-0.25, -0.2) is 5.01 Å². The number of nitrogens with zero attached hydrogens (tertiary/aromatic N) is 2. The summed E-state index contributed by atoms with van der Waals surface area (Å²) in [5.74, 6) is 0.814. The minimum Gasteiger partial charge on any atom is -0.496 e. The van der Waals surface area contributed by atoms with Crippen molar-refractivity contribution in [2.75, 3.05) is 13.7 Å². The van der Waals surface area contributed by atoms with Crippen molar-refractivity contribution in [3.8, 4) is 5.75 Å². The maximum atomic E-state index is 5.65. The fraction of sp³-hybridized carbons (Fsp3) is 0.385. The molecule has 0 bridgehead atoms. The summed E-state index contributed by atoms with van der Waals surface area (Å²) in [5, 5.41) is 6.49. The molecule has 0 saturated carbocycles. The average Bonchev–Trinajstić information content (AvgIpc) is 2.65. The van der Waals surface area contributed by atoms with Gasteiger partial charge in [0.1, 0.15) is 5.75 Å². The molecule has 0 unspecified atom stereocenters. The largest absolute Gasteiger partial charge is 0.496 e. The highest BCUT2D eigenvalue weighted by molar-refractivity contribution is 7.80. The molecule has 1 aromatic rings. The molecule has 18 heavy (non-hydrogen) atoms. The van der Waals surface area contributed by atoms with Crippen LogP contribution >= 0.6 is 12.2 Å². The average molecular weight is 263 g/mol. The fourth-order valence-electron chi connectivity index (χ4n) is 2.13. The van der Waals surface area contributed by atoms with Gasteiger partial charge >= 0.3 is 0 Å². The van der Waals surface area contributed by atoms with E-state index < -0.39 is 0 Å². The van der Waals surface area contributed by atoms with Crippen LogP contribution in [0, 0.1) is 5.41 Å². The lowest BCUT2D eigenvalue weighted by Crippen LogP contribution is -2.34. The van der Waals surface area contributed by atoms with Crippen LogP contribution in [0.1, 0.15) is 19.4 Å². The topological polar surface area (TPSA) is 50.8 Å². The lowest BCUT2D eigenvalue weighted by Gasteiger charge is -2.21. The van der Waals surface area contributed by atoms with Crippen molar-refractivity contribution in [2.45, 2.75) is 13.8 Å². The summed E-state index contributed by atoms with van der Waals surface area (Å²) in [6.07, 6.45) is 0. The molecular weight excluding hydrogens is 246 g/mol. The number of hydrogen-bond donors (Lipinski definition) is 1. The van der Waals surface area contributed by atoms with Crippen molar-refractivity contribution in [1.29, 1.82) is 0 Å². The first-order valence-electron chi connectivity index (χ1n) is 5.75. The van der Waals surface area contributed by atoms with Gasteiger partial charge in [0.15, 0.2) is 5.11 Å². The molecule has 1 aliphatic rings. The van der Waals surface area contributed by atoms with Crippen LogP contribution in [0.25, 0.3) is 0 Å². The van der Waals surface area contributed by atoms with Crippen molar-refractivity contribution in [1.82, 2.24) is 5.01 Å². The van der Waals surface area contributed by atoms with Gasteiger partial charge in [-0.2, -0.15) is 5.10 Å². The predicted octanol–water partition coefficient (Wildman–Crippen LogP) is 1.98. The van der Waals surface area contributed by atoms with Gasteiger partial charge in [0.2, 0.25) is 0 Å². The Morgan fingerprint density at radius 2 is 2.11 bits per heavy atom. The number of hydrazone groups is 1. The van der Waals surface area contributed by atoms with Crippen molar-refractivity contribution < 1.29 is 4.74 Å². The van der Waals surface area contributed by atoms with Crippen molar-refractivity contribution >= 4 is 23.0 Å². The van der Waals surface area contributed by atoms with Gasteiger partial charge in [-0.15, -0.1) is 0 Å². The number of hydrogen-bond acceptors (Lipinski definition) is 3. The second-order valence-electron chi connectivity index (χ2n) is 4.93. The minimum absolute atomic E-state index is 0.113. The minimum atomic E-state index is -0.113. The van der Waals surface area contributed by atoms with Gasteiger partial charge < -0.3 is 10.5 Å². The third-order valence-electron chi connectivity index (χ3n) is 3.02. The van der Waals surface area contributed by atoms with Crippen LogP contribution in [0.5, 0.6) is 5.75 Å². The van der Waals surface area contributed by atoms with Crippen LogP contribution in [0.15, 0.2) is 29.4 Å². The van der Waals surface area contributed by atoms with Crippen LogP contribution in [0.2, 0.25) is 0 Å². The molecule has 0 saturated heterocycles. The molecule has 0 spiro atoms. The second-order valence-corrected chi connectivity index (χ2v) is 5.35. The zero-order valence-electron chi connectivity index (χ0n) is 10.8. The van der Waals surface area contributed by atoms with E-state index in [1.807, 2.05) is 24.3 Å². The summed E-state index contributed by atoms with van der Waals surface area (Å²) >= 11 is 4.99. The standard InChI is InChI=1S/C13H17N3OS/c1-13(2)8-16(12(14)18)15-11(13)9-6-4-5-7-10(9)17-3/h4-7H,8H2,1-3H3,(H2,14,18). The Balaban J connectivity index is 2.48. The van der Waals surface area contributed by atoms with Gasteiger partial charge in [-0.3, -0.25) is 0 Å². The van der Waals surface area contributed by atoms with Crippen LogP contribution in [0.4, 0.5) is 0 Å². The van der Waals surface area contributed by atoms with Gasteiger partial charge in [0.05, 0.1) is 19.4 Å². The molecule has 0 atom stereocenters. The highest BCUT2D eigenvalue weighted by Gasteiger charge is 2.37. The number of rotatable bonds is 2. The third-order valence-corrected chi connectivity index (χ3v) is 3.23. The Hall–Kier alpha value is -1.62. The molecule has 4 nitrogen and oxygen atoms in total. The highest BCUT2D eigenvalue weighted by atomic mass is 32.1. The van der Waals surface area contributed by atoms with Crippen LogP contribution in [-0.2, 0) is 0 Å². The number of para-hydroxylation sites is 1. The Labute approximate surface area is 112 Å². The van der Waals surface area contributed by atoms with E-state index in [4.69, 9.17) is 22.7 Å². The first-order valence-corrected chi connectivity index (χ1v) is 6.16. The smallest absolute Gasteiger partial charge is 0.187 e. The monoisotopic (exact) mass is 263 g/mol. The molecule has 0 fully saturated rings. The SMILES string of the molecule is COc1ccccc1C1=NN(C(N)=S)CC1(C)C. The van der Waals surface area contributed by atoms with Gasteiger partial charge in [-0.1, -0.05) is 26.0 Å². The van der Waals surface area contributed by atoms with E-state index in [9.17, 15) is 0 Å². The second kappa shape index (κ2) is 4.57. The quantitative estimate of drug-likeness (QED) is 0.829. The third kappa shape index (κ3) is 2.18. The summed E-state index contributed by atoms with van der Waals surface area (Å²) in [6.45, 7) is 4.93. The molecule has 1 aromatic carbocycles. The maximum Gasteiger partial charge on any atom is 0.187 e. The molecule has 2 rings (SSSR count). The Kier molecular flexibility index (Phi) is 3.26. The summed E-state index contributed by atoms with van der Waals surface area (Å²) in [4.78, 5) is 0. The summed E-state index contributed by atoms with van der Waals surface area (Å²) in [7, 11) is 1.66. The first kappa shape index (κ1) is 12.8. The predicted molar refractivity (Wildman–Crippen MR) is 76.8 cm³/mol. The molecular formula is C13H17N3OS. The van der Waals surface area contributed by atoms with Gasteiger partial charge in [-0.05, 0) is 24.4 Å². The zero-order chi connectivity index (χ0) is 13.3. The molecule has 1 aliphatic heterocycles. The number of nitrogens with two attached hydrogens (primary N) is 1. The lowest BCUT2D eigenvalue weighted by molar-refractivity contribution is 0.386. The van der Waals surface area contributed by atoms with E-state index in [1.165, 1.54) is 0 Å². The number of ether oxygens (including phenoxy) is 1. The highest BCUT2D eigenvalue weighted by Crippen LogP contribution is 2.33. The fourth-order valence-corrected chi connectivity index (χ4v) is 2.23. The molecule has 2 N–H and O–H groups in total. The molecule has 0 aromatic heterocycles. The number of benzene rings is 1. The van der Waals surface area contributed by atoms with Crippen molar-refractivity contribution in [2.24, 2.45) is 16.3 Å². The van der Waals surface area contributed by atoms with Gasteiger partial charge in [0, 0.05) is 11.0 Å². The molecule has 1 heterocycles. The van der Waals surface area contributed by atoms with Gasteiger partial charge in [0.25, 0.3) is 0 Å². The van der Waals surface area contributed by atoms with Crippen LogP contribution in [-0.4, -0.2) is 29.5 Å². The summed E-state index contributed by atoms with van der Waals surface area (Å²) in [5.41, 5.74) is 7.48. The zero-order valence-corrected chi connectivity index (χ0v) is 11.6. The normalized spacial score (nSPS) is 17.5. The molecule has 96 valence electrons. The molecule has 5 heteroatoms. The lowest BCUT2D eigenvalue weighted by atomic mass is 9.84. The van der Waals surface area contributed by atoms with E-state index in [2.05, 4.69) is 18.9 Å². The van der Waals surface area contributed by atoms with E-state index in [-0.39, 0.29) is 5.41 Å². The van der Waals surface area contributed by atoms with Crippen molar-refractivity contribution in [3.63, 3.8) is 0 Å². The van der Waals surface area contributed by atoms with E-state index in [1.54, 1.807) is 12.1 Å². The van der Waals surface area contributed by atoms with Crippen LogP contribution < -0.4 is 10.5 Å². The van der Waals surface area contributed by atoms with Crippen molar-refractivity contribution in [3.05, 3.63) is 29.8 Å². The molecule has 0 amide bonds. The van der Waals surface area contributed by atoms with Crippen LogP contribution in [0.3, 0.4) is 0 Å². The number of methoxy groups -OCH3 is 1. The maximum absolute atomic E-state index is 5.65. The Bertz CT molecular complexity index is 511. The Morgan fingerprint density at radius 3 is 2.67 bits per heavy atom.